The van der Waals surface area contributed by atoms with Gasteiger partial charge in [0.05, 0.1) is 11.6 Å². The van der Waals surface area contributed by atoms with Crippen molar-refractivity contribution in [3.05, 3.63) is 71.3 Å². The first-order valence-corrected chi connectivity index (χ1v) is 7.39. The van der Waals surface area contributed by atoms with E-state index in [4.69, 9.17) is 5.26 Å². The fourth-order valence-electron chi connectivity index (χ4n) is 2.05. The molecule has 24 heavy (non-hydrogen) atoms. The van der Waals surface area contributed by atoms with Crippen molar-refractivity contribution in [3.63, 3.8) is 0 Å². The van der Waals surface area contributed by atoms with E-state index in [2.05, 4.69) is 16.7 Å². The van der Waals surface area contributed by atoms with E-state index in [1.165, 1.54) is 13.0 Å². The summed E-state index contributed by atoms with van der Waals surface area (Å²) in [6, 6.07) is 16.3. The number of anilines is 1. The van der Waals surface area contributed by atoms with Gasteiger partial charge in [0.15, 0.2) is 0 Å². The average Bonchev–Trinajstić information content (AvgIpc) is 2.59. The van der Waals surface area contributed by atoms with Gasteiger partial charge < -0.3 is 10.6 Å². The van der Waals surface area contributed by atoms with Gasteiger partial charge in [-0.05, 0) is 41.5 Å². The Morgan fingerprint density at radius 1 is 1.17 bits per heavy atom. The molecule has 0 aliphatic heterocycles. The summed E-state index contributed by atoms with van der Waals surface area (Å²) in [5.41, 5.74) is 3.00. The summed E-state index contributed by atoms with van der Waals surface area (Å²) in [6.45, 7) is 1.81. The van der Waals surface area contributed by atoms with E-state index in [1.807, 2.05) is 18.2 Å². The van der Waals surface area contributed by atoms with E-state index < -0.39 is 0 Å². The minimum atomic E-state index is -0.219. The molecule has 0 aliphatic rings. The lowest BCUT2D eigenvalue weighted by Crippen LogP contribution is -2.20. The van der Waals surface area contributed by atoms with Gasteiger partial charge in [0.2, 0.25) is 11.8 Å². The Kier molecular flexibility index (Phi) is 5.87. The van der Waals surface area contributed by atoms with Crippen LogP contribution in [0, 0.1) is 11.3 Å². The van der Waals surface area contributed by atoms with Crippen molar-refractivity contribution >= 4 is 23.6 Å². The van der Waals surface area contributed by atoms with Crippen molar-refractivity contribution in [1.29, 1.82) is 5.26 Å². The fourth-order valence-corrected chi connectivity index (χ4v) is 2.05. The summed E-state index contributed by atoms with van der Waals surface area (Å²) in [4.78, 5) is 22.8. The molecule has 0 aliphatic carbocycles. The van der Waals surface area contributed by atoms with Crippen molar-refractivity contribution < 1.29 is 9.59 Å². The normalized spacial score (nSPS) is 10.2. The molecular formula is C19H17N3O2. The largest absolute Gasteiger partial charge is 0.348 e. The predicted octanol–water partition coefficient (Wildman–Crippen LogP) is 2.85. The Morgan fingerprint density at radius 2 is 1.92 bits per heavy atom. The maximum Gasteiger partial charge on any atom is 0.244 e. The van der Waals surface area contributed by atoms with Gasteiger partial charge in [-0.15, -0.1) is 0 Å². The molecule has 120 valence electrons. The first-order valence-electron chi connectivity index (χ1n) is 7.39. The lowest BCUT2D eigenvalue weighted by atomic mass is 10.1. The molecule has 0 spiro atoms. The van der Waals surface area contributed by atoms with Gasteiger partial charge in [-0.2, -0.15) is 5.26 Å². The van der Waals surface area contributed by atoms with Crippen LogP contribution in [0.5, 0.6) is 0 Å². The molecule has 2 aromatic carbocycles. The molecule has 5 nitrogen and oxygen atoms in total. The van der Waals surface area contributed by atoms with Gasteiger partial charge >= 0.3 is 0 Å². The van der Waals surface area contributed by atoms with E-state index in [0.717, 1.165) is 11.1 Å². The highest BCUT2D eigenvalue weighted by molar-refractivity contribution is 5.92. The van der Waals surface area contributed by atoms with Crippen LogP contribution in [0.2, 0.25) is 0 Å². The lowest BCUT2D eigenvalue weighted by Gasteiger charge is -2.03. The second-order valence-electron chi connectivity index (χ2n) is 5.17. The van der Waals surface area contributed by atoms with Gasteiger partial charge in [0.25, 0.3) is 0 Å². The number of nitrogens with one attached hydrogen (secondary N) is 2. The van der Waals surface area contributed by atoms with Crippen LogP contribution in [-0.2, 0) is 16.1 Å². The Balaban J connectivity index is 1.88. The summed E-state index contributed by atoms with van der Waals surface area (Å²) in [5.74, 6) is -0.346. The molecule has 0 saturated carbocycles. The third-order valence-corrected chi connectivity index (χ3v) is 3.18. The molecule has 0 aromatic heterocycles. The second-order valence-corrected chi connectivity index (χ2v) is 5.17. The molecule has 0 fully saturated rings. The zero-order valence-corrected chi connectivity index (χ0v) is 13.2. The third-order valence-electron chi connectivity index (χ3n) is 3.18. The highest BCUT2D eigenvalue weighted by Gasteiger charge is 1.99. The van der Waals surface area contributed by atoms with E-state index >= 15 is 0 Å². The first kappa shape index (κ1) is 17.0. The zero-order valence-electron chi connectivity index (χ0n) is 13.2. The lowest BCUT2D eigenvalue weighted by molar-refractivity contribution is -0.116. The number of nitriles is 1. The van der Waals surface area contributed by atoms with E-state index in [0.29, 0.717) is 17.8 Å². The van der Waals surface area contributed by atoms with Crippen LogP contribution in [0.4, 0.5) is 5.69 Å². The summed E-state index contributed by atoms with van der Waals surface area (Å²) in [5, 5.41) is 14.3. The third kappa shape index (κ3) is 5.43. The number of hydrogen-bond donors (Lipinski definition) is 2. The number of carbonyl (C=O) groups is 2. The van der Waals surface area contributed by atoms with Crippen molar-refractivity contribution in [2.24, 2.45) is 0 Å². The number of hydrogen-bond acceptors (Lipinski definition) is 3. The topological polar surface area (TPSA) is 82.0 Å². The molecule has 0 saturated heterocycles. The van der Waals surface area contributed by atoms with Crippen molar-refractivity contribution in [2.45, 2.75) is 13.5 Å². The van der Waals surface area contributed by atoms with Gasteiger partial charge in [-0.1, -0.05) is 24.3 Å². The number of benzene rings is 2. The summed E-state index contributed by atoms with van der Waals surface area (Å²) in [6.07, 6.45) is 3.14. The van der Waals surface area contributed by atoms with Crippen LogP contribution in [0.1, 0.15) is 23.6 Å². The van der Waals surface area contributed by atoms with Gasteiger partial charge in [0.1, 0.15) is 0 Å². The van der Waals surface area contributed by atoms with Crippen LogP contribution in [0.15, 0.2) is 54.6 Å². The molecule has 0 radical (unpaired) electrons. The van der Waals surface area contributed by atoms with Crippen molar-refractivity contribution in [3.8, 4) is 6.07 Å². The minimum Gasteiger partial charge on any atom is -0.348 e. The summed E-state index contributed by atoms with van der Waals surface area (Å²) in [7, 11) is 0. The van der Waals surface area contributed by atoms with Gasteiger partial charge in [0, 0.05) is 25.2 Å². The smallest absolute Gasteiger partial charge is 0.244 e. The highest BCUT2D eigenvalue weighted by Crippen LogP contribution is 2.10. The number of nitrogens with zero attached hydrogens (tertiary/aromatic N) is 1. The molecule has 0 heterocycles. The predicted molar refractivity (Wildman–Crippen MR) is 92.8 cm³/mol. The Labute approximate surface area is 140 Å². The van der Waals surface area contributed by atoms with E-state index in [1.54, 1.807) is 36.4 Å². The van der Waals surface area contributed by atoms with Crippen LogP contribution >= 0.6 is 0 Å². The molecule has 2 aromatic rings. The SMILES string of the molecule is CC(=O)Nc1ccc(/C=C/C(=O)NCc2cccc(C#N)c2)cc1. The van der Waals surface area contributed by atoms with Crippen molar-refractivity contribution in [2.75, 3.05) is 5.32 Å². The number of rotatable bonds is 5. The minimum absolute atomic E-state index is 0.127. The molecule has 2 rings (SSSR count). The highest BCUT2D eigenvalue weighted by atomic mass is 16.2. The van der Waals surface area contributed by atoms with E-state index in [9.17, 15) is 9.59 Å². The molecule has 0 unspecified atom stereocenters. The molecule has 5 heteroatoms. The monoisotopic (exact) mass is 319 g/mol. The van der Waals surface area contributed by atoms with Crippen LogP contribution < -0.4 is 10.6 Å². The summed E-state index contributed by atoms with van der Waals surface area (Å²) >= 11 is 0. The standard InChI is InChI=1S/C19H17N3O2/c1-14(23)22-18-8-5-15(6-9-18)7-10-19(24)21-13-17-4-2-3-16(11-17)12-20/h2-11H,13H2,1H3,(H,21,24)(H,22,23)/b10-7+. The molecule has 0 atom stereocenters. The second kappa shape index (κ2) is 8.30. The van der Waals surface area contributed by atoms with Crippen LogP contribution in [-0.4, -0.2) is 11.8 Å². The van der Waals surface area contributed by atoms with Crippen LogP contribution in [0.25, 0.3) is 6.08 Å². The quantitative estimate of drug-likeness (QED) is 0.831. The molecule has 0 bridgehead atoms. The molecule has 2 N–H and O–H groups in total. The molecular weight excluding hydrogens is 302 g/mol. The van der Waals surface area contributed by atoms with Crippen LogP contribution in [0.3, 0.4) is 0 Å². The van der Waals surface area contributed by atoms with Gasteiger partial charge in [-0.25, -0.2) is 0 Å². The maximum atomic E-state index is 11.8. The summed E-state index contributed by atoms with van der Waals surface area (Å²) < 4.78 is 0. The van der Waals surface area contributed by atoms with Gasteiger partial charge in [-0.3, -0.25) is 9.59 Å². The number of carbonyl (C=O) groups excluding carboxylic acids is 2. The fraction of sp³-hybridized carbons (Fsp3) is 0.105. The zero-order chi connectivity index (χ0) is 17.4. The number of amides is 2. The Bertz CT molecular complexity index is 802. The average molecular weight is 319 g/mol. The van der Waals surface area contributed by atoms with Crippen molar-refractivity contribution in [1.82, 2.24) is 5.32 Å². The first-order chi connectivity index (χ1) is 11.6. The Morgan fingerprint density at radius 3 is 2.58 bits per heavy atom. The maximum absolute atomic E-state index is 11.8. The Hall–Kier alpha value is -3.39. The molecule has 2 amide bonds. The van der Waals surface area contributed by atoms with E-state index in [-0.39, 0.29) is 11.8 Å².